The molecule has 17 nitrogen and oxygen atoms in total. The number of unbranched alkanes of at least 4 members (excludes halogenated alkanes) is 1. The Morgan fingerprint density at radius 3 is 2.35 bits per heavy atom. The van der Waals surface area contributed by atoms with Crippen molar-refractivity contribution < 1.29 is 39.5 Å². The molecular weight excluding hydrogens is 773 g/mol. The van der Waals surface area contributed by atoms with E-state index < -0.39 is 48.8 Å². The minimum atomic E-state index is -1.25. The van der Waals surface area contributed by atoms with Gasteiger partial charge < -0.3 is 51.3 Å². The number of phenolic OH excluding ortho intramolecular Hbond substituents is 1. The van der Waals surface area contributed by atoms with Crippen LogP contribution in [0.3, 0.4) is 0 Å². The lowest BCUT2D eigenvalue weighted by molar-refractivity contribution is 0.00888. The highest BCUT2D eigenvalue weighted by Gasteiger charge is 2.30. The second kappa shape index (κ2) is 20.2. The first-order valence-corrected chi connectivity index (χ1v) is 19.5. The second-order valence-electron chi connectivity index (χ2n) is 14.5. The highest BCUT2D eigenvalue weighted by Crippen LogP contribution is 2.42. The van der Waals surface area contributed by atoms with Gasteiger partial charge in [0, 0.05) is 65.7 Å². The molecule has 1 aliphatic carbocycles. The summed E-state index contributed by atoms with van der Waals surface area (Å²) in [6, 6.07) is 20.0. The van der Waals surface area contributed by atoms with Crippen molar-refractivity contribution in [2.24, 2.45) is 5.73 Å². The fourth-order valence-electron chi connectivity index (χ4n) is 7.10. The van der Waals surface area contributed by atoms with Crippen LogP contribution in [0.4, 0.5) is 10.5 Å². The minimum Gasteiger partial charge on any atom is -0.508 e. The number of anilines is 1. The lowest BCUT2D eigenvalue weighted by atomic mass is 9.90. The number of urea groups is 1. The average Bonchev–Trinajstić information content (AvgIpc) is 3.75. The number of aliphatic hydroxyl groups excluding tert-OH is 3. The van der Waals surface area contributed by atoms with Gasteiger partial charge in [-0.15, -0.1) is 0 Å². The van der Waals surface area contributed by atoms with E-state index in [9.17, 15) is 39.9 Å². The molecule has 6 atom stereocenters. The number of likely N-dealkylation sites (N-methyl/N-ethyl adjacent to an activating group) is 1. The van der Waals surface area contributed by atoms with E-state index in [-0.39, 0.29) is 46.7 Å². The fraction of sp³-hybridized carbons (Fsp3) is 0.302. The molecule has 1 aliphatic heterocycles. The summed E-state index contributed by atoms with van der Waals surface area (Å²) < 4.78 is 5.89. The Morgan fingerprint density at radius 2 is 1.62 bits per heavy atom. The van der Waals surface area contributed by atoms with E-state index in [0.29, 0.717) is 53.6 Å². The van der Waals surface area contributed by atoms with Crippen LogP contribution in [0.5, 0.6) is 5.75 Å². The highest BCUT2D eigenvalue weighted by atomic mass is 16.4. The van der Waals surface area contributed by atoms with Crippen molar-refractivity contribution in [3.63, 3.8) is 0 Å². The zero-order valence-corrected chi connectivity index (χ0v) is 32.8. The fourth-order valence-corrected chi connectivity index (χ4v) is 7.10. The van der Waals surface area contributed by atoms with Gasteiger partial charge in [-0.2, -0.15) is 0 Å². The van der Waals surface area contributed by atoms with Gasteiger partial charge in [0.15, 0.2) is 5.43 Å². The molecule has 0 fully saturated rings. The van der Waals surface area contributed by atoms with E-state index in [1.165, 1.54) is 30.3 Å². The summed E-state index contributed by atoms with van der Waals surface area (Å²) in [6.07, 6.45) is 1.91. The van der Waals surface area contributed by atoms with Gasteiger partial charge in [-0.1, -0.05) is 42.8 Å². The maximum atomic E-state index is 12.9. The smallest absolute Gasteiger partial charge is 0.336 e. The van der Waals surface area contributed by atoms with Crippen LogP contribution in [-0.4, -0.2) is 97.9 Å². The Morgan fingerprint density at radius 1 is 0.867 bits per heavy atom. The van der Waals surface area contributed by atoms with Crippen LogP contribution in [0.25, 0.3) is 33.4 Å². The number of carboxylic acid groups (broad SMARTS) is 1. The number of aromatic carboxylic acids is 1. The maximum absolute atomic E-state index is 12.9. The molecule has 60 heavy (non-hydrogen) atoms. The molecule has 2 aliphatic rings. The molecular formula is C43H50N8O9. The van der Waals surface area contributed by atoms with Crippen molar-refractivity contribution in [3.8, 4) is 28.2 Å². The van der Waals surface area contributed by atoms with E-state index in [2.05, 4.69) is 36.6 Å². The zero-order chi connectivity index (χ0) is 42.8. The number of aromatic nitrogens is 2. The Kier molecular flexibility index (Phi) is 14.6. The van der Waals surface area contributed by atoms with Crippen LogP contribution in [0.15, 0.2) is 107 Å². The normalized spacial score (nSPS) is 14.6. The highest BCUT2D eigenvalue weighted by molar-refractivity contribution is 6.08. The SMILES string of the molecule is CN[C@@H](O)[C@H](Cc1ncc[nH]1)N[C@H](O)[C@H](Cc1ccccc1)N[C@@H](O)[C@H](N)CCCCNC(=O)Nc1ccc(-c2c3ccc(=O)cc-3oc3cc(O)ccc23)c(C(=O)O)c1. The van der Waals surface area contributed by atoms with E-state index in [1.807, 2.05) is 30.3 Å². The Bertz CT molecular complexity index is 2380. The molecule has 17 heteroatoms. The topological polar surface area (TPSA) is 280 Å². The Labute approximate surface area is 345 Å². The number of amides is 2. The molecule has 0 saturated heterocycles. The van der Waals surface area contributed by atoms with Crippen LogP contribution in [0, 0.1) is 0 Å². The molecule has 2 amide bonds. The number of fused-ring (bicyclic) bond motifs is 2. The van der Waals surface area contributed by atoms with Crippen molar-refractivity contribution in [3.05, 3.63) is 124 Å². The monoisotopic (exact) mass is 822 g/mol. The van der Waals surface area contributed by atoms with Crippen molar-refractivity contribution in [1.29, 1.82) is 0 Å². The standard InChI is InChI=1S/C43H50N8O9/c1-45-40(55)34(23-37-46-17-18-47-37)51-41(56)33(19-24-7-3-2-4-8-24)50-39(54)32(44)9-5-6-16-48-43(59)49-25-10-13-28(31(20-25)42(57)58)38-29-14-11-26(52)21-35(29)60-36-22-27(53)12-15-30(36)38/h2-4,7-8,10-15,17-18,20-22,32-34,39-41,45,50-52,54-56H,5-6,9,16,19,23,44H2,1H3,(H,46,47)(H,57,58)(H2,48,49,59)/t32-,33+,34+,39+,40+,41-/m1/s1. The van der Waals surface area contributed by atoms with Crippen LogP contribution in [0.1, 0.15) is 41.0 Å². The number of H-pyrrole nitrogens is 1. The predicted molar refractivity (Wildman–Crippen MR) is 225 cm³/mol. The molecule has 6 rings (SSSR count). The number of aliphatic hydroxyl groups is 3. The van der Waals surface area contributed by atoms with Gasteiger partial charge in [-0.25, -0.2) is 14.6 Å². The quantitative estimate of drug-likeness (QED) is 0.0300. The summed E-state index contributed by atoms with van der Waals surface area (Å²) in [5, 5.41) is 68.3. The number of imidazole rings is 1. The van der Waals surface area contributed by atoms with Crippen LogP contribution < -0.4 is 37.7 Å². The van der Waals surface area contributed by atoms with Gasteiger partial charge in [0.2, 0.25) is 0 Å². The van der Waals surface area contributed by atoms with Crippen molar-refractivity contribution in [1.82, 2.24) is 31.2 Å². The van der Waals surface area contributed by atoms with Gasteiger partial charge in [0.25, 0.3) is 0 Å². The molecule has 0 spiro atoms. The number of hydrogen-bond acceptors (Lipinski definition) is 13. The Balaban J connectivity index is 1.03. The summed E-state index contributed by atoms with van der Waals surface area (Å²) >= 11 is 0. The molecule has 13 N–H and O–H groups in total. The number of aromatic amines is 1. The van der Waals surface area contributed by atoms with E-state index in [4.69, 9.17) is 10.2 Å². The zero-order valence-electron chi connectivity index (χ0n) is 32.8. The number of phenols is 1. The maximum Gasteiger partial charge on any atom is 0.336 e. The van der Waals surface area contributed by atoms with Crippen LogP contribution in [0.2, 0.25) is 0 Å². The first-order chi connectivity index (χ1) is 28.9. The van der Waals surface area contributed by atoms with Gasteiger partial charge in [0.05, 0.1) is 17.6 Å². The number of benzene rings is 4. The molecule has 0 saturated carbocycles. The number of carbonyl (C=O) groups is 2. The van der Waals surface area contributed by atoms with E-state index >= 15 is 0 Å². The molecule has 0 bridgehead atoms. The summed E-state index contributed by atoms with van der Waals surface area (Å²) in [5.41, 5.74) is 8.65. The first kappa shape index (κ1) is 43.4. The summed E-state index contributed by atoms with van der Waals surface area (Å²) in [7, 11) is 1.60. The Hall–Kier alpha value is -6.18. The van der Waals surface area contributed by atoms with Crippen molar-refractivity contribution in [2.45, 2.75) is 68.9 Å². The number of hydrogen-bond donors (Lipinski definition) is 12. The van der Waals surface area contributed by atoms with Gasteiger partial charge in [-0.05, 0) is 73.8 Å². The summed E-state index contributed by atoms with van der Waals surface area (Å²) in [4.78, 5) is 44.8. The molecule has 4 aromatic rings. The number of nitrogens with two attached hydrogens (primary N) is 1. The van der Waals surface area contributed by atoms with Crippen molar-refractivity contribution >= 4 is 28.7 Å². The number of aromatic hydroxyl groups is 1. The van der Waals surface area contributed by atoms with Crippen LogP contribution >= 0.6 is 0 Å². The number of carbonyl (C=O) groups excluding carboxylic acids is 1. The first-order valence-electron chi connectivity index (χ1n) is 19.5. The summed E-state index contributed by atoms with van der Waals surface area (Å²) in [6.45, 7) is 0.260. The van der Waals surface area contributed by atoms with Gasteiger partial charge in [0.1, 0.15) is 41.6 Å². The van der Waals surface area contributed by atoms with E-state index in [1.54, 1.807) is 43.7 Å². The molecule has 0 unspecified atom stereocenters. The van der Waals surface area contributed by atoms with Crippen LogP contribution in [-0.2, 0) is 12.8 Å². The number of nitrogens with one attached hydrogen (secondary N) is 6. The van der Waals surface area contributed by atoms with Gasteiger partial charge >= 0.3 is 12.0 Å². The minimum absolute atomic E-state index is 0.0664. The molecule has 1 aromatic heterocycles. The van der Waals surface area contributed by atoms with Crippen molar-refractivity contribution in [2.75, 3.05) is 18.9 Å². The predicted octanol–water partition coefficient (Wildman–Crippen LogP) is 2.89. The molecule has 2 heterocycles. The molecule has 316 valence electrons. The number of nitrogens with zero attached hydrogens (tertiary/aromatic N) is 1. The average molecular weight is 823 g/mol. The van der Waals surface area contributed by atoms with Gasteiger partial charge in [-0.3, -0.25) is 20.7 Å². The molecule has 3 aromatic carbocycles. The van der Waals surface area contributed by atoms with E-state index in [0.717, 1.165) is 5.56 Å². The second-order valence-corrected chi connectivity index (χ2v) is 14.5. The molecule has 0 radical (unpaired) electrons. The summed E-state index contributed by atoms with van der Waals surface area (Å²) in [5.74, 6) is -0.478. The third-order valence-corrected chi connectivity index (χ3v) is 10.2. The number of carboxylic acids is 1. The number of rotatable bonds is 20. The third-order valence-electron chi connectivity index (χ3n) is 10.2. The largest absolute Gasteiger partial charge is 0.508 e. The lowest BCUT2D eigenvalue weighted by Gasteiger charge is -2.33. The lowest BCUT2D eigenvalue weighted by Crippen LogP contribution is -2.61. The third kappa shape index (κ3) is 11.1.